The fourth-order valence-corrected chi connectivity index (χ4v) is 2.28. The van der Waals surface area contributed by atoms with E-state index < -0.39 is 18.0 Å². The van der Waals surface area contributed by atoms with E-state index in [1.165, 1.54) is 0 Å². The van der Waals surface area contributed by atoms with Crippen molar-refractivity contribution >= 4 is 17.7 Å². The maximum absolute atomic E-state index is 12.5. The number of carbonyl (C=O) groups excluding carboxylic acids is 1. The predicted molar refractivity (Wildman–Crippen MR) is 84.9 cm³/mol. The van der Waals surface area contributed by atoms with Crippen LogP contribution in [0.3, 0.4) is 0 Å². The zero-order valence-electron chi connectivity index (χ0n) is 12.5. The molecule has 5 nitrogen and oxygen atoms in total. The molecule has 1 unspecified atom stereocenters. The molecular weight excluding hydrogens is 280 g/mol. The Morgan fingerprint density at radius 2 is 1.55 bits per heavy atom. The quantitative estimate of drug-likeness (QED) is 0.810. The van der Waals surface area contributed by atoms with Crippen LogP contribution in [-0.4, -0.2) is 17.1 Å². The highest BCUT2D eigenvalue weighted by Crippen LogP contribution is 2.22. The molecular formula is C17H18N2O3. The second-order valence-electron chi connectivity index (χ2n) is 5.05. The molecule has 0 saturated heterocycles. The normalized spacial score (nSPS) is 11.5. The van der Waals surface area contributed by atoms with Crippen LogP contribution in [-0.2, 0) is 4.79 Å². The van der Waals surface area contributed by atoms with E-state index in [1.807, 2.05) is 38.1 Å². The number of amides is 2. The van der Waals surface area contributed by atoms with Crippen molar-refractivity contribution in [3.63, 3.8) is 0 Å². The number of para-hydroxylation sites is 1. The Balaban J connectivity index is 2.28. The van der Waals surface area contributed by atoms with Crippen molar-refractivity contribution in [3.05, 3.63) is 65.2 Å². The van der Waals surface area contributed by atoms with Crippen molar-refractivity contribution in [1.82, 2.24) is 5.32 Å². The fraction of sp³-hybridized carbons (Fsp3) is 0.176. The fourth-order valence-electron chi connectivity index (χ4n) is 2.28. The molecule has 2 aromatic carbocycles. The van der Waals surface area contributed by atoms with Crippen molar-refractivity contribution < 1.29 is 14.7 Å². The topological polar surface area (TPSA) is 78.4 Å². The highest BCUT2D eigenvalue weighted by atomic mass is 16.4. The third-order valence-corrected chi connectivity index (χ3v) is 3.39. The SMILES string of the molecule is Cc1cccc(C)c1NC(=O)C(NC(=O)O)c1ccccc1. The van der Waals surface area contributed by atoms with E-state index in [2.05, 4.69) is 10.6 Å². The zero-order chi connectivity index (χ0) is 16.1. The monoisotopic (exact) mass is 298 g/mol. The van der Waals surface area contributed by atoms with Crippen molar-refractivity contribution in [2.75, 3.05) is 5.32 Å². The van der Waals surface area contributed by atoms with Crippen molar-refractivity contribution in [3.8, 4) is 0 Å². The number of anilines is 1. The zero-order valence-corrected chi connectivity index (χ0v) is 12.5. The summed E-state index contributed by atoms with van der Waals surface area (Å²) in [6.07, 6.45) is -1.24. The first-order valence-corrected chi connectivity index (χ1v) is 6.90. The maximum atomic E-state index is 12.5. The van der Waals surface area contributed by atoms with Gasteiger partial charge in [-0.2, -0.15) is 0 Å². The van der Waals surface area contributed by atoms with Gasteiger partial charge in [-0.3, -0.25) is 4.79 Å². The minimum absolute atomic E-state index is 0.411. The Morgan fingerprint density at radius 1 is 0.955 bits per heavy atom. The molecule has 22 heavy (non-hydrogen) atoms. The molecule has 0 aliphatic carbocycles. The van der Waals surface area contributed by atoms with Gasteiger partial charge in [0.1, 0.15) is 6.04 Å². The van der Waals surface area contributed by atoms with E-state index in [9.17, 15) is 9.59 Å². The summed E-state index contributed by atoms with van der Waals surface area (Å²) in [7, 11) is 0. The van der Waals surface area contributed by atoms with E-state index in [4.69, 9.17) is 5.11 Å². The molecule has 1 atom stereocenters. The number of benzene rings is 2. The summed E-state index contributed by atoms with van der Waals surface area (Å²) in [5.74, 6) is -0.411. The van der Waals surface area contributed by atoms with Gasteiger partial charge < -0.3 is 15.7 Å². The first-order chi connectivity index (χ1) is 10.5. The molecule has 2 rings (SSSR count). The number of rotatable bonds is 4. The largest absolute Gasteiger partial charge is 0.465 e. The smallest absolute Gasteiger partial charge is 0.405 e. The molecule has 0 saturated carbocycles. The van der Waals surface area contributed by atoms with Crippen LogP contribution in [0.25, 0.3) is 0 Å². The number of carbonyl (C=O) groups is 2. The summed E-state index contributed by atoms with van der Waals surface area (Å²) in [5.41, 5.74) is 3.15. The Bertz CT molecular complexity index is 663. The van der Waals surface area contributed by atoms with E-state index >= 15 is 0 Å². The lowest BCUT2D eigenvalue weighted by atomic mass is 10.0. The van der Waals surface area contributed by atoms with Crippen molar-refractivity contribution in [2.45, 2.75) is 19.9 Å². The van der Waals surface area contributed by atoms with Gasteiger partial charge in [0.05, 0.1) is 0 Å². The molecule has 114 valence electrons. The van der Waals surface area contributed by atoms with E-state index in [-0.39, 0.29) is 0 Å². The van der Waals surface area contributed by atoms with Gasteiger partial charge in [-0.15, -0.1) is 0 Å². The maximum Gasteiger partial charge on any atom is 0.405 e. The summed E-state index contributed by atoms with van der Waals surface area (Å²) in [5, 5.41) is 14.1. The van der Waals surface area contributed by atoms with Gasteiger partial charge in [-0.25, -0.2) is 4.79 Å². The second-order valence-corrected chi connectivity index (χ2v) is 5.05. The van der Waals surface area contributed by atoms with Crippen LogP contribution in [0.2, 0.25) is 0 Å². The molecule has 0 radical (unpaired) electrons. The van der Waals surface area contributed by atoms with Crippen LogP contribution in [0.4, 0.5) is 10.5 Å². The standard InChI is InChI=1S/C17H18N2O3/c1-11-7-6-8-12(2)14(11)18-16(20)15(19-17(21)22)13-9-4-3-5-10-13/h3-10,15,19H,1-2H3,(H,18,20)(H,21,22). The molecule has 2 aromatic rings. The van der Waals surface area contributed by atoms with Crippen LogP contribution < -0.4 is 10.6 Å². The molecule has 0 fully saturated rings. The van der Waals surface area contributed by atoms with Gasteiger partial charge in [0.2, 0.25) is 0 Å². The average Bonchev–Trinajstić information content (AvgIpc) is 2.49. The minimum Gasteiger partial charge on any atom is -0.465 e. The summed E-state index contributed by atoms with van der Waals surface area (Å²) >= 11 is 0. The highest BCUT2D eigenvalue weighted by Gasteiger charge is 2.23. The third kappa shape index (κ3) is 3.63. The Labute approximate surface area is 129 Å². The summed E-state index contributed by atoms with van der Waals surface area (Å²) in [6, 6.07) is 13.5. The van der Waals surface area contributed by atoms with E-state index in [1.54, 1.807) is 24.3 Å². The van der Waals surface area contributed by atoms with E-state index in [0.717, 1.165) is 11.1 Å². The molecule has 0 aromatic heterocycles. The Morgan fingerprint density at radius 3 is 2.09 bits per heavy atom. The predicted octanol–water partition coefficient (Wildman–Crippen LogP) is 3.25. The molecule has 0 aliphatic rings. The Kier molecular flexibility index (Phi) is 4.78. The number of hydrogen-bond donors (Lipinski definition) is 3. The second kappa shape index (κ2) is 6.76. The summed E-state index contributed by atoms with van der Waals surface area (Å²) < 4.78 is 0. The number of hydrogen-bond acceptors (Lipinski definition) is 2. The van der Waals surface area contributed by atoms with Crippen LogP contribution in [0.1, 0.15) is 22.7 Å². The third-order valence-electron chi connectivity index (χ3n) is 3.39. The Hall–Kier alpha value is -2.82. The minimum atomic E-state index is -1.24. The van der Waals surface area contributed by atoms with Gasteiger partial charge in [0, 0.05) is 5.69 Å². The van der Waals surface area contributed by atoms with Crippen LogP contribution in [0.5, 0.6) is 0 Å². The lowest BCUT2D eigenvalue weighted by molar-refractivity contribution is -0.118. The molecule has 0 bridgehead atoms. The molecule has 0 aliphatic heterocycles. The van der Waals surface area contributed by atoms with Gasteiger partial charge in [0.25, 0.3) is 5.91 Å². The molecule has 5 heteroatoms. The summed E-state index contributed by atoms with van der Waals surface area (Å²) in [4.78, 5) is 23.5. The van der Waals surface area contributed by atoms with Crippen molar-refractivity contribution in [1.29, 1.82) is 0 Å². The van der Waals surface area contributed by atoms with Crippen LogP contribution in [0.15, 0.2) is 48.5 Å². The summed E-state index contributed by atoms with van der Waals surface area (Å²) in [6.45, 7) is 3.79. The first-order valence-electron chi connectivity index (χ1n) is 6.90. The molecule has 2 amide bonds. The number of nitrogens with one attached hydrogen (secondary N) is 2. The number of aryl methyl sites for hydroxylation is 2. The lowest BCUT2D eigenvalue weighted by Crippen LogP contribution is -2.36. The van der Waals surface area contributed by atoms with Gasteiger partial charge >= 0.3 is 6.09 Å². The van der Waals surface area contributed by atoms with Gasteiger partial charge in [-0.1, -0.05) is 48.5 Å². The van der Waals surface area contributed by atoms with Crippen molar-refractivity contribution in [2.24, 2.45) is 0 Å². The lowest BCUT2D eigenvalue weighted by Gasteiger charge is -2.19. The molecule has 0 heterocycles. The average molecular weight is 298 g/mol. The molecule has 3 N–H and O–H groups in total. The number of carboxylic acid groups (broad SMARTS) is 1. The van der Waals surface area contributed by atoms with Gasteiger partial charge in [0.15, 0.2) is 0 Å². The highest BCUT2D eigenvalue weighted by molar-refractivity contribution is 5.98. The van der Waals surface area contributed by atoms with Gasteiger partial charge in [-0.05, 0) is 30.5 Å². The molecule has 0 spiro atoms. The van der Waals surface area contributed by atoms with Crippen LogP contribution >= 0.6 is 0 Å². The van der Waals surface area contributed by atoms with E-state index in [0.29, 0.717) is 11.3 Å². The van der Waals surface area contributed by atoms with Crippen LogP contribution in [0, 0.1) is 13.8 Å². The first kappa shape index (κ1) is 15.6.